The van der Waals surface area contributed by atoms with Gasteiger partial charge in [-0.2, -0.15) is 0 Å². The second-order valence-electron chi connectivity index (χ2n) is 9.38. The molecule has 128 valence electrons. The highest BCUT2D eigenvalue weighted by atomic mass is 16.5. The number of rotatable bonds is 0. The first-order valence-corrected chi connectivity index (χ1v) is 9.40. The summed E-state index contributed by atoms with van der Waals surface area (Å²) in [5.74, 6) is 1.97. The number of likely N-dealkylation sites (tertiary alicyclic amines) is 1. The number of carbonyl (C=O) groups excluding carboxylic acids is 1. The maximum Gasteiger partial charge on any atom is 0.174 e. The minimum absolute atomic E-state index is 0.0371. The fourth-order valence-electron chi connectivity index (χ4n) is 6.13. The smallest absolute Gasteiger partial charge is 0.174 e. The van der Waals surface area contributed by atoms with E-state index < -0.39 is 0 Å². The van der Waals surface area contributed by atoms with E-state index in [1.807, 2.05) is 0 Å². The molecule has 0 aromatic heterocycles. The lowest BCUT2D eigenvalue weighted by Gasteiger charge is -2.57. The van der Waals surface area contributed by atoms with Crippen LogP contribution in [0.25, 0.3) is 0 Å². The van der Waals surface area contributed by atoms with E-state index in [0.29, 0.717) is 24.2 Å². The molecule has 4 atom stereocenters. The fourth-order valence-corrected chi connectivity index (χ4v) is 6.13. The number of ether oxygens (including phenoxy) is 1. The Labute approximate surface area is 144 Å². The normalized spacial score (nSPS) is 37.2. The topological polar surface area (TPSA) is 29.5 Å². The lowest BCUT2D eigenvalue weighted by molar-refractivity contribution is -0.138. The van der Waals surface area contributed by atoms with Crippen LogP contribution in [0.1, 0.15) is 56.7 Å². The predicted molar refractivity (Wildman–Crippen MR) is 93.7 cm³/mol. The second-order valence-corrected chi connectivity index (χ2v) is 9.38. The van der Waals surface area contributed by atoms with Crippen molar-refractivity contribution in [2.45, 2.75) is 69.4 Å². The van der Waals surface area contributed by atoms with Crippen molar-refractivity contribution in [1.82, 2.24) is 4.90 Å². The summed E-state index contributed by atoms with van der Waals surface area (Å²) in [6.07, 6.45) is 3.67. The van der Waals surface area contributed by atoms with Gasteiger partial charge in [-0.1, -0.05) is 32.9 Å². The predicted octanol–water partition coefficient (Wildman–Crippen LogP) is 3.22. The zero-order valence-corrected chi connectivity index (χ0v) is 15.2. The van der Waals surface area contributed by atoms with Crippen LogP contribution in [-0.2, 0) is 22.0 Å². The molecule has 1 saturated heterocycles. The average Bonchev–Trinajstić information content (AvgIpc) is 2.86. The van der Waals surface area contributed by atoms with Crippen molar-refractivity contribution in [2.24, 2.45) is 5.92 Å². The summed E-state index contributed by atoms with van der Waals surface area (Å²) in [6.45, 7) is 7.81. The van der Waals surface area contributed by atoms with E-state index in [2.05, 4.69) is 44.9 Å². The molecular formula is C21H27NO2. The van der Waals surface area contributed by atoms with Crippen molar-refractivity contribution in [3.63, 3.8) is 0 Å². The van der Waals surface area contributed by atoms with Gasteiger partial charge in [0.05, 0.1) is 0 Å². The van der Waals surface area contributed by atoms with E-state index in [1.54, 1.807) is 0 Å². The van der Waals surface area contributed by atoms with Crippen LogP contribution in [0.3, 0.4) is 0 Å². The summed E-state index contributed by atoms with van der Waals surface area (Å²) in [5, 5.41) is 0. The highest BCUT2D eigenvalue weighted by molar-refractivity contribution is 5.89. The highest BCUT2D eigenvalue weighted by Crippen LogP contribution is 2.62. The first-order chi connectivity index (χ1) is 11.3. The molecule has 2 aliphatic heterocycles. The van der Waals surface area contributed by atoms with Crippen LogP contribution < -0.4 is 4.74 Å². The Kier molecular flexibility index (Phi) is 2.76. The average molecular weight is 325 g/mol. The molecule has 0 amide bonds. The molecule has 1 aromatic rings. The van der Waals surface area contributed by atoms with Gasteiger partial charge in [-0.25, -0.2) is 0 Å². The van der Waals surface area contributed by atoms with E-state index >= 15 is 0 Å². The summed E-state index contributed by atoms with van der Waals surface area (Å²) in [6, 6.07) is 5.15. The Bertz CT molecular complexity index is 747. The molecule has 1 saturated carbocycles. The Hall–Kier alpha value is -1.35. The molecule has 2 aliphatic carbocycles. The van der Waals surface area contributed by atoms with E-state index in [1.165, 1.54) is 16.7 Å². The zero-order valence-electron chi connectivity index (χ0n) is 15.2. The van der Waals surface area contributed by atoms with Gasteiger partial charge in [0.15, 0.2) is 11.9 Å². The van der Waals surface area contributed by atoms with Crippen molar-refractivity contribution < 1.29 is 9.53 Å². The third kappa shape index (κ3) is 1.60. The van der Waals surface area contributed by atoms with Gasteiger partial charge < -0.3 is 9.64 Å². The molecule has 3 nitrogen and oxygen atoms in total. The Morgan fingerprint density at radius 1 is 1.29 bits per heavy atom. The molecule has 4 aliphatic rings. The lowest BCUT2D eigenvalue weighted by Crippen LogP contribution is -2.65. The van der Waals surface area contributed by atoms with Gasteiger partial charge >= 0.3 is 0 Å². The zero-order chi connectivity index (χ0) is 16.9. The lowest BCUT2D eigenvalue weighted by atomic mass is 9.51. The maximum atomic E-state index is 12.8. The quantitative estimate of drug-likeness (QED) is 0.733. The standard InChI is InChI=1S/C21H27NO2/c1-20(2,3)14-6-5-12-11-15-13-7-8-16(23)19-21(13,9-10-22(15)4)17(12)18(14)24-19/h5-6,13,15,19H,7-11H2,1-4H3/t13-,15+,19-,21-/m0/s1. The van der Waals surface area contributed by atoms with Crippen LogP contribution >= 0.6 is 0 Å². The van der Waals surface area contributed by atoms with Gasteiger partial charge in [0.1, 0.15) is 5.75 Å². The third-order valence-electron chi connectivity index (χ3n) is 7.21. The molecular weight excluding hydrogens is 298 g/mol. The third-order valence-corrected chi connectivity index (χ3v) is 7.21. The van der Waals surface area contributed by atoms with Crippen LogP contribution in [0.5, 0.6) is 5.75 Å². The Balaban J connectivity index is 1.81. The number of ketones is 1. The highest BCUT2D eigenvalue weighted by Gasteiger charge is 2.65. The van der Waals surface area contributed by atoms with Gasteiger partial charge in [0, 0.05) is 23.4 Å². The van der Waals surface area contributed by atoms with Crippen LogP contribution in [0.15, 0.2) is 12.1 Å². The summed E-state index contributed by atoms with van der Waals surface area (Å²) in [5.41, 5.74) is 4.12. The molecule has 0 unspecified atom stereocenters. The van der Waals surface area contributed by atoms with E-state index in [-0.39, 0.29) is 16.9 Å². The minimum Gasteiger partial charge on any atom is -0.481 e. The first kappa shape index (κ1) is 14.9. The summed E-state index contributed by atoms with van der Waals surface area (Å²) >= 11 is 0. The first-order valence-electron chi connectivity index (χ1n) is 9.40. The number of carbonyl (C=O) groups is 1. The summed E-state index contributed by atoms with van der Waals surface area (Å²) < 4.78 is 6.52. The maximum absolute atomic E-state index is 12.8. The number of nitrogens with zero attached hydrogens (tertiary/aromatic N) is 1. The van der Waals surface area contributed by atoms with E-state index in [0.717, 1.165) is 31.6 Å². The largest absolute Gasteiger partial charge is 0.481 e. The van der Waals surface area contributed by atoms with E-state index in [4.69, 9.17) is 4.74 Å². The number of hydrogen-bond donors (Lipinski definition) is 0. The molecule has 24 heavy (non-hydrogen) atoms. The van der Waals surface area contributed by atoms with Crippen LogP contribution in [0.4, 0.5) is 0 Å². The number of piperidine rings is 1. The number of Topliss-reactive ketones (excluding diaryl/α,β-unsaturated/α-hetero) is 1. The van der Waals surface area contributed by atoms with Crippen LogP contribution in [0, 0.1) is 5.92 Å². The van der Waals surface area contributed by atoms with Crippen molar-refractivity contribution in [3.8, 4) is 5.75 Å². The number of likely N-dealkylation sites (N-methyl/N-ethyl adjacent to an activating group) is 1. The van der Waals surface area contributed by atoms with Gasteiger partial charge in [0.2, 0.25) is 0 Å². The number of benzene rings is 1. The van der Waals surface area contributed by atoms with Crippen molar-refractivity contribution in [3.05, 3.63) is 28.8 Å². The van der Waals surface area contributed by atoms with Gasteiger partial charge in [-0.15, -0.1) is 0 Å². The Morgan fingerprint density at radius 2 is 2.08 bits per heavy atom. The molecule has 2 heterocycles. The van der Waals surface area contributed by atoms with E-state index in [9.17, 15) is 4.79 Å². The summed E-state index contributed by atoms with van der Waals surface area (Å²) in [4.78, 5) is 15.4. The molecule has 1 aromatic carbocycles. The summed E-state index contributed by atoms with van der Waals surface area (Å²) in [7, 11) is 2.26. The SMILES string of the molecule is CN1CC[C@]23c4c5ccc(C(C)(C)C)c4O[C@H]2C(=O)CC[C@H]3[C@H]1C5. The van der Waals surface area contributed by atoms with Crippen molar-refractivity contribution in [2.75, 3.05) is 13.6 Å². The molecule has 2 fully saturated rings. The monoisotopic (exact) mass is 325 g/mol. The Morgan fingerprint density at radius 3 is 2.83 bits per heavy atom. The molecule has 0 N–H and O–H groups in total. The van der Waals surface area contributed by atoms with Crippen LogP contribution in [0.2, 0.25) is 0 Å². The molecule has 5 rings (SSSR count). The van der Waals surface area contributed by atoms with Gasteiger partial charge in [-0.05, 0) is 55.3 Å². The van der Waals surface area contributed by atoms with Crippen LogP contribution in [-0.4, -0.2) is 36.4 Å². The molecule has 1 spiro atoms. The molecule has 0 radical (unpaired) electrons. The molecule has 3 heteroatoms. The van der Waals surface area contributed by atoms with Gasteiger partial charge in [0.25, 0.3) is 0 Å². The number of hydrogen-bond acceptors (Lipinski definition) is 3. The molecule has 2 bridgehead atoms. The second kappa shape index (κ2) is 4.43. The van der Waals surface area contributed by atoms with Crippen molar-refractivity contribution >= 4 is 5.78 Å². The minimum atomic E-state index is -0.231. The fraction of sp³-hybridized carbons (Fsp3) is 0.667. The van der Waals surface area contributed by atoms with Crippen molar-refractivity contribution in [1.29, 1.82) is 0 Å². The van der Waals surface area contributed by atoms with Gasteiger partial charge in [-0.3, -0.25) is 4.79 Å².